The summed E-state index contributed by atoms with van der Waals surface area (Å²) in [4.78, 5) is 25.6. The molecule has 1 saturated carbocycles. The molecule has 1 aliphatic heterocycles. The highest BCUT2D eigenvalue weighted by Crippen LogP contribution is 2.30. The number of likely N-dealkylation sites (tertiary alicyclic amines) is 1. The fourth-order valence-electron chi connectivity index (χ4n) is 2.58. The van der Waals surface area contributed by atoms with Gasteiger partial charge in [-0.15, -0.1) is 0 Å². The van der Waals surface area contributed by atoms with E-state index < -0.39 is 11.6 Å². The molecule has 2 amide bonds. The Labute approximate surface area is 122 Å². The molecule has 114 valence electrons. The Morgan fingerprint density at radius 2 is 2.10 bits per heavy atom. The van der Waals surface area contributed by atoms with Crippen LogP contribution in [0.15, 0.2) is 23.0 Å². The van der Waals surface area contributed by atoms with Gasteiger partial charge >= 0.3 is 0 Å². The first kappa shape index (κ1) is 14.1. The van der Waals surface area contributed by atoms with Gasteiger partial charge in [0.15, 0.2) is 5.67 Å². The monoisotopic (exact) mass is 294 g/mol. The van der Waals surface area contributed by atoms with Gasteiger partial charge in [0, 0.05) is 32.5 Å². The largest absolute Gasteiger partial charge is 0.472 e. The van der Waals surface area contributed by atoms with Gasteiger partial charge in [-0.25, -0.2) is 4.39 Å². The second kappa shape index (κ2) is 5.50. The maximum Gasteiger partial charge on any atom is 0.257 e. The zero-order chi connectivity index (χ0) is 14.9. The second-order valence-electron chi connectivity index (χ2n) is 5.92. The number of nitrogens with zero attached hydrogens (tertiary/aromatic N) is 1. The van der Waals surface area contributed by atoms with Crippen molar-refractivity contribution in [2.24, 2.45) is 5.92 Å². The molecule has 3 rings (SSSR count). The average Bonchev–Trinajstić information content (AvgIpc) is 3.16. The van der Waals surface area contributed by atoms with E-state index in [1.54, 1.807) is 11.0 Å². The maximum atomic E-state index is 14.6. The molecular weight excluding hydrogens is 275 g/mol. The lowest BCUT2D eigenvalue weighted by Crippen LogP contribution is -2.52. The topological polar surface area (TPSA) is 62.6 Å². The van der Waals surface area contributed by atoms with Crippen molar-refractivity contribution in [1.82, 2.24) is 10.2 Å². The highest BCUT2D eigenvalue weighted by atomic mass is 19.1. The highest BCUT2D eigenvalue weighted by molar-refractivity contribution is 5.94. The molecule has 1 aromatic heterocycles. The smallest absolute Gasteiger partial charge is 0.257 e. The fourth-order valence-corrected chi connectivity index (χ4v) is 2.58. The molecule has 0 bridgehead atoms. The number of carbonyl (C=O) groups is 2. The molecule has 2 fully saturated rings. The number of hydrogen-bond acceptors (Lipinski definition) is 3. The van der Waals surface area contributed by atoms with E-state index in [1.165, 1.54) is 12.5 Å². The number of alkyl halides is 1. The summed E-state index contributed by atoms with van der Waals surface area (Å²) in [6.45, 7) is 1.07. The zero-order valence-corrected chi connectivity index (χ0v) is 11.8. The van der Waals surface area contributed by atoms with E-state index in [1.807, 2.05) is 0 Å². The molecule has 0 radical (unpaired) electrons. The van der Waals surface area contributed by atoms with Crippen LogP contribution in [0.5, 0.6) is 0 Å². The molecule has 21 heavy (non-hydrogen) atoms. The van der Waals surface area contributed by atoms with E-state index in [-0.39, 0.29) is 31.8 Å². The lowest BCUT2D eigenvalue weighted by Gasteiger charge is -2.35. The van der Waals surface area contributed by atoms with E-state index in [2.05, 4.69) is 5.32 Å². The van der Waals surface area contributed by atoms with Crippen LogP contribution in [0.2, 0.25) is 0 Å². The second-order valence-corrected chi connectivity index (χ2v) is 5.92. The third kappa shape index (κ3) is 3.09. The fraction of sp³-hybridized carbons (Fsp3) is 0.600. The molecule has 2 heterocycles. The molecule has 0 aromatic carbocycles. The van der Waals surface area contributed by atoms with Gasteiger partial charge in [-0.3, -0.25) is 9.59 Å². The van der Waals surface area contributed by atoms with Crippen molar-refractivity contribution >= 4 is 11.8 Å². The number of carbonyl (C=O) groups excluding carboxylic acids is 2. The maximum absolute atomic E-state index is 14.6. The highest BCUT2D eigenvalue weighted by Gasteiger charge is 2.43. The molecule has 1 aliphatic carbocycles. The molecule has 6 heteroatoms. The lowest BCUT2D eigenvalue weighted by molar-refractivity contribution is -0.135. The van der Waals surface area contributed by atoms with Crippen LogP contribution in [-0.4, -0.2) is 42.0 Å². The molecule has 0 atom stereocenters. The normalized spacial score (nSPS) is 21.1. The van der Waals surface area contributed by atoms with Gasteiger partial charge < -0.3 is 14.6 Å². The van der Waals surface area contributed by atoms with Crippen LogP contribution in [0, 0.1) is 5.92 Å². The summed E-state index contributed by atoms with van der Waals surface area (Å²) in [7, 11) is 0. The van der Waals surface area contributed by atoms with Crippen molar-refractivity contribution in [3.05, 3.63) is 24.2 Å². The van der Waals surface area contributed by atoms with E-state index in [0.29, 0.717) is 18.0 Å². The van der Waals surface area contributed by atoms with Gasteiger partial charge in [0.1, 0.15) is 6.26 Å². The van der Waals surface area contributed by atoms with Crippen molar-refractivity contribution in [2.75, 3.05) is 19.6 Å². The van der Waals surface area contributed by atoms with Crippen molar-refractivity contribution in [1.29, 1.82) is 0 Å². The zero-order valence-electron chi connectivity index (χ0n) is 11.8. The van der Waals surface area contributed by atoms with Gasteiger partial charge in [-0.2, -0.15) is 0 Å². The first-order valence-corrected chi connectivity index (χ1v) is 7.37. The van der Waals surface area contributed by atoms with Crippen molar-refractivity contribution < 1.29 is 18.4 Å². The Kier molecular flexibility index (Phi) is 3.69. The molecule has 5 nitrogen and oxygen atoms in total. The quantitative estimate of drug-likeness (QED) is 0.920. The van der Waals surface area contributed by atoms with Crippen LogP contribution < -0.4 is 5.32 Å². The standard InChI is InChI=1S/C15H19FN2O3/c16-15(14(20)17-9-11-1-2-11)4-6-18(7-5-15)13(19)12-3-8-21-10-12/h3,8,10-11H,1-2,4-7,9H2,(H,17,20). The third-order valence-electron chi connectivity index (χ3n) is 4.27. The van der Waals surface area contributed by atoms with E-state index >= 15 is 0 Å². The first-order chi connectivity index (χ1) is 10.1. The van der Waals surface area contributed by atoms with Gasteiger partial charge in [0.05, 0.1) is 11.8 Å². The van der Waals surface area contributed by atoms with Crippen molar-refractivity contribution in [3.63, 3.8) is 0 Å². The van der Waals surface area contributed by atoms with E-state index in [9.17, 15) is 14.0 Å². The van der Waals surface area contributed by atoms with E-state index in [0.717, 1.165) is 12.8 Å². The molecule has 2 aliphatic rings. The van der Waals surface area contributed by atoms with Crippen molar-refractivity contribution in [3.8, 4) is 0 Å². The number of amides is 2. The third-order valence-corrected chi connectivity index (χ3v) is 4.27. The van der Waals surface area contributed by atoms with Crippen LogP contribution in [-0.2, 0) is 4.79 Å². The summed E-state index contributed by atoms with van der Waals surface area (Å²) in [5.74, 6) is -0.172. The van der Waals surface area contributed by atoms with Crippen molar-refractivity contribution in [2.45, 2.75) is 31.4 Å². The predicted molar refractivity (Wildman–Crippen MR) is 73.4 cm³/mol. The van der Waals surface area contributed by atoms with Crippen LogP contribution in [0.1, 0.15) is 36.0 Å². The minimum atomic E-state index is -1.85. The molecule has 0 spiro atoms. The molecule has 0 unspecified atom stereocenters. The summed E-state index contributed by atoms with van der Waals surface area (Å²) in [6, 6.07) is 1.59. The summed E-state index contributed by atoms with van der Waals surface area (Å²) < 4.78 is 19.5. The Balaban J connectivity index is 1.53. The number of rotatable bonds is 4. The number of nitrogens with one attached hydrogen (secondary N) is 1. The summed E-state index contributed by atoms with van der Waals surface area (Å²) >= 11 is 0. The van der Waals surface area contributed by atoms with E-state index in [4.69, 9.17) is 4.42 Å². The molecule has 1 N–H and O–H groups in total. The van der Waals surface area contributed by atoms with Gasteiger partial charge in [0.25, 0.3) is 11.8 Å². The van der Waals surface area contributed by atoms with Crippen LogP contribution >= 0.6 is 0 Å². The summed E-state index contributed by atoms with van der Waals surface area (Å²) in [5.41, 5.74) is -1.39. The SMILES string of the molecule is O=C(c1ccoc1)N1CCC(F)(C(=O)NCC2CC2)CC1. The number of furan rings is 1. The molecule has 1 aromatic rings. The van der Waals surface area contributed by atoms with Crippen LogP contribution in [0.25, 0.3) is 0 Å². The number of piperidine rings is 1. The summed E-state index contributed by atoms with van der Waals surface area (Å²) in [6.07, 6.45) is 5.14. The van der Waals surface area contributed by atoms with Crippen LogP contribution in [0.3, 0.4) is 0 Å². The van der Waals surface area contributed by atoms with Gasteiger partial charge in [0.2, 0.25) is 0 Å². The molecule has 1 saturated heterocycles. The lowest BCUT2D eigenvalue weighted by atomic mass is 9.92. The number of hydrogen-bond donors (Lipinski definition) is 1. The Morgan fingerprint density at radius 3 is 2.67 bits per heavy atom. The van der Waals surface area contributed by atoms with Gasteiger partial charge in [-0.05, 0) is 24.8 Å². The summed E-state index contributed by atoms with van der Waals surface area (Å²) in [5, 5.41) is 2.69. The Hall–Kier alpha value is -1.85. The molecular formula is C15H19FN2O3. The first-order valence-electron chi connectivity index (χ1n) is 7.37. The number of halogens is 1. The Bertz CT molecular complexity index is 517. The average molecular weight is 294 g/mol. The Morgan fingerprint density at radius 1 is 1.38 bits per heavy atom. The van der Waals surface area contributed by atoms with Gasteiger partial charge in [-0.1, -0.05) is 0 Å². The predicted octanol–water partition coefficient (Wildman–Crippen LogP) is 1.75. The minimum absolute atomic E-state index is 0.0487. The minimum Gasteiger partial charge on any atom is -0.472 e. The van der Waals surface area contributed by atoms with Crippen LogP contribution in [0.4, 0.5) is 4.39 Å².